The van der Waals surface area contributed by atoms with Gasteiger partial charge < -0.3 is 29.2 Å². The molecule has 9 nitrogen and oxygen atoms in total. The molecule has 0 radical (unpaired) electrons. The third kappa shape index (κ3) is 7.56. The molecule has 1 fully saturated rings. The van der Waals surface area contributed by atoms with Gasteiger partial charge in [-0.05, 0) is 57.9 Å². The van der Waals surface area contributed by atoms with Gasteiger partial charge in [0.25, 0.3) is 5.92 Å². The van der Waals surface area contributed by atoms with Gasteiger partial charge in [-0.25, -0.2) is 18.4 Å². The fourth-order valence-corrected chi connectivity index (χ4v) is 5.12. The van der Waals surface area contributed by atoms with E-state index in [4.69, 9.17) is 18.9 Å². The number of carbonyl (C=O) groups is 3. The number of hydrogen-bond acceptors (Lipinski definition) is 7. The average molecular weight is 591 g/mol. The molecule has 0 aliphatic heterocycles. The Hall–Kier alpha value is -3.73. The number of alkyl halides is 2. The van der Waals surface area contributed by atoms with E-state index in [2.05, 4.69) is 5.32 Å². The molecule has 42 heavy (non-hydrogen) atoms. The second-order valence-corrected chi connectivity index (χ2v) is 10.3. The van der Waals surface area contributed by atoms with Crippen molar-refractivity contribution in [2.45, 2.75) is 71.1 Å². The molecule has 0 saturated heterocycles. The highest BCUT2D eigenvalue weighted by Gasteiger charge is 2.63. The normalized spacial score (nSPS) is 16.4. The van der Waals surface area contributed by atoms with Gasteiger partial charge in [0.1, 0.15) is 17.1 Å². The van der Waals surface area contributed by atoms with Crippen LogP contribution in [0, 0.1) is 0 Å². The summed E-state index contributed by atoms with van der Waals surface area (Å²) in [7, 11) is 1.09. The van der Waals surface area contributed by atoms with Crippen molar-refractivity contribution in [1.29, 1.82) is 0 Å². The minimum atomic E-state index is -3.10. The van der Waals surface area contributed by atoms with Crippen LogP contribution in [0.3, 0.4) is 0 Å². The van der Waals surface area contributed by atoms with Crippen LogP contribution in [0.1, 0.15) is 81.1 Å². The lowest BCUT2D eigenvalue weighted by molar-refractivity contribution is -0.178. The van der Waals surface area contributed by atoms with Crippen molar-refractivity contribution in [2.24, 2.45) is 0 Å². The van der Waals surface area contributed by atoms with E-state index in [0.717, 1.165) is 12.7 Å². The van der Waals surface area contributed by atoms with Crippen LogP contribution in [0.2, 0.25) is 0 Å². The summed E-state index contributed by atoms with van der Waals surface area (Å²) >= 11 is 0. The fraction of sp³-hybridized carbons (Fsp3) is 0.516. The number of methoxy groups -OCH3 is 1. The van der Waals surface area contributed by atoms with Gasteiger partial charge in [-0.1, -0.05) is 30.3 Å². The summed E-state index contributed by atoms with van der Waals surface area (Å²) in [6.45, 7) is 9.35. The number of ether oxygens (including phenoxy) is 4. The van der Waals surface area contributed by atoms with E-state index < -0.39 is 42.3 Å². The van der Waals surface area contributed by atoms with Gasteiger partial charge in [-0.2, -0.15) is 0 Å². The third-order valence-corrected chi connectivity index (χ3v) is 7.26. The molecular formula is C31H40F2N2O7. The topological polar surface area (TPSA) is 103 Å². The number of carbonyl (C=O) groups excluding carboxylic acids is 3. The Bertz CT molecular complexity index is 1220. The lowest BCUT2D eigenvalue weighted by atomic mass is 9.73. The van der Waals surface area contributed by atoms with Crippen LogP contribution in [0.4, 0.5) is 13.6 Å². The first-order valence-corrected chi connectivity index (χ1v) is 14.0. The molecule has 1 aliphatic rings. The van der Waals surface area contributed by atoms with Crippen LogP contribution in [-0.2, 0) is 14.3 Å². The maximum atomic E-state index is 13.9. The van der Waals surface area contributed by atoms with Crippen LogP contribution in [-0.4, -0.2) is 67.6 Å². The number of hydrogen-bond donors (Lipinski definition) is 1. The predicted octanol–water partition coefficient (Wildman–Crippen LogP) is 5.88. The van der Waals surface area contributed by atoms with Crippen LogP contribution in [0.25, 0.3) is 0 Å². The van der Waals surface area contributed by atoms with Gasteiger partial charge in [0.2, 0.25) is 0 Å². The Kier molecular flexibility index (Phi) is 10.9. The number of rotatable bonds is 14. The lowest BCUT2D eigenvalue weighted by Gasteiger charge is -2.46. The Balaban J connectivity index is 1.95. The summed E-state index contributed by atoms with van der Waals surface area (Å²) in [5.74, 6) is -3.68. The Morgan fingerprint density at radius 3 is 2.02 bits per heavy atom. The highest BCUT2D eigenvalue weighted by atomic mass is 19.3. The Morgan fingerprint density at radius 2 is 1.55 bits per heavy atom. The predicted molar refractivity (Wildman–Crippen MR) is 152 cm³/mol. The molecule has 1 saturated carbocycles. The molecule has 0 unspecified atom stereocenters. The molecule has 11 heteroatoms. The van der Waals surface area contributed by atoms with Crippen molar-refractivity contribution in [1.82, 2.24) is 10.2 Å². The van der Waals surface area contributed by atoms with E-state index in [9.17, 15) is 23.2 Å². The number of ketones is 1. The van der Waals surface area contributed by atoms with Crippen molar-refractivity contribution in [2.75, 3.05) is 33.5 Å². The van der Waals surface area contributed by atoms with Gasteiger partial charge in [0.15, 0.2) is 11.3 Å². The second kappa shape index (κ2) is 14.0. The molecule has 2 aromatic rings. The van der Waals surface area contributed by atoms with Gasteiger partial charge in [-0.3, -0.25) is 4.79 Å². The largest absolute Gasteiger partial charge is 0.493 e. The highest BCUT2D eigenvalue weighted by Crippen LogP contribution is 2.46. The first-order valence-electron chi connectivity index (χ1n) is 14.0. The maximum Gasteiger partial charge on any atom is 0.332 e. The molecule has 0 bridgehead atoms. The van der Waals surface area contributed by atoms with Gasteiger partial charge in [-0.15, -0.1) is 0 Å². The first-order chi connectivity index (χ1) is 19.9. The van der Waals surface area contributed by atoms with E-state index in [1.54, 1.807) is 32.9 Å². The third-order valence-electron chi connectivity index (χ3n) is 7.26. The zero-order valence-corrected chi connectivity index (χ0v) is 25.0. The number of esters is 1. The number of nitrogens with one attached hydrogen (secondary N) is 1. The molecular weight excluding hydrogens is 550 g/mol. The number of halogens is 2. The van der Waals surface area contributed by atoms with E-state index in [-0.39, 0.29) is 43.8 Å². The minimum Gasteiger partial charge on any atom is -0.493 e. The Morgan fingerprint density at radius 1 is 0.976 bits per heavy atom. The SMILES string of the molecule is CCOc1cc([C@@H](C)N(CCO[C@@H](C)c2ccccc2)C(=O)NC2(C(=O)OC)CC(F)(F)C2)cc(OCC)c1C(C)=O. The number of amides is 2. The molecule has 1 N–H and O–H groups in total. The van der Waals surface area contributed by atoms with Crippen molar-refractivity contribution < 1.29 is 42.1 Å². The van der Waals surface area contributed by atoms with Crippen molar-refractivity contribution >= 4 is 17.8 Å². The van der Waals surface area contributed by atoms with E-state index in [1.165, 1.54) is 11.8 Å². The molecule has 0 heterocycles. The van der Waals surface area contributed by atoms with Gasteiger partial charge >= 0.3 is 12.0 Å². The van der Waals surface area contributed by atoms with Crippen LogP contribution < -0.4 is 14.8 Å². The van der Waals surface area contributed by atoms with Crippen LogP contribution >= 0.6 is 0 Å². The van der Waals surface area contributed by atoms with Crippen molar-refractivity contribution in [3.8, 4) is 11.5 Å². The summed E-state index contributed by atoms with van der Waals surface area (Å²) in [6.07, 6.45) is -2.00. The zero-order valence-electron chi connectivity index (χ0n) is 25.0. The average Bonchev–Trinajstić information content (AvgIpc) is 2.93. The number of Topliss-reactive ketones (excluding diaryl/α,β-unsaturated/α-hetero) is 1. The Labute approximate surface area is 245 Å². The number of nitrogens with zero attached hydrogens (tertiary/aromatic N) is 1. The summed E-state index contributed by atoms with van der Waals surface area (Å²) in [5.41, 5.74) is -0.0432. The molecule has 2 aromatic carbocycles. The summed E-state index contributed by atoms with van der Waals surface area (Å²) in [6, 6.07) is 11.5. The maximum absolute atomic E-state index is 13.9. The van der Waals surface area contributed by atoms with E-state index in [0.29, 0.717) is 17.1 Å². The molecule has 0 spiro atoms. The van der Waals surface area contributed by atoms with Crippen LogP contribution in [0.15, 0.2) is 42.5 Å². The highest BCUT2D eigenvalue weighted by molar-refractivity contribution is 6.00. The molecule has 3 rings (SSSR count). The van der Waals surface area contributed by atoms with Crippen molar-refractivity contribution in [3.63, 3.8) is 0 Å². The minimum absolute atomic E-state index is 0.0558. The standard InChI is InChI=1S/C31H40F2N2O7/c1-7-40-25-16-24(17-26(41-8-2)27(25)21(4)36)20(3)35(14-15-42-22(5)23-12-10-9-11-13-23)29(38)34-30(28(37)39-6)18-31(32,33)19-30/h9-13,16-17,20,22H,7-8,14-15,18-19H2,1-6H3,(H,34,38)/t20-,22+/m1/s1. The smallest absolute Gasteiger partial charge is 0.332 e. The quantitative estimate of drug-likeness (QED) is 0.217. The fourth-order valence-electron chi connectivity index (χ4n) is 5.12. The molecule has 1 aliphatic carbocycles. The van der Waals surface area contributed by atoms with Gasteiger partial charge in [0.05, 0.1) is 39.1 Å². The second-order valence-electron chi connectivity index (χ2n) is 10.3. The van der Waals surface area contributed by atoms with E-state index >= 15 is 0 Å². The van der Waals surface area contributed by atoms with Crippen LogP contribution in [0.5, 0.6) is 11.5 Å². The summed E-state index contributed by atoms with van der Waals surface area (Å²) in [4.78, 5) is 40.1. The monoisotopic (exact) mass is 590 g/mol. The summed E-state index contributed by atoms with van der Waals surface area (Å²) in [5, 5.41) is 2.53. The van der Waals surface area contributed by atoms with Gasteiger partial charge in [0, 0.05) is 19.4 Å². The molecule has 2 amide bonds. The lowest BCUT2D eigenvalue weighted by Crippen LogP contribution is -2.68. The summed E-state index contributed by atoms with van der Waals surface area (Å²) < 4.78 is 50.2. The zero-order chi connectivity index (χ0) is 31.1. The van der Waals surface area contributed by atoms with Crippen molar-refractivity contribution in [3.05, 3.63) is 59.2 Å². The van der Waals surface area contributed by atoms with E-state index in [1.807, 2.05) is 37.3 Å². The first kappa shape index (κ1) is 32.8. The molecule has 230 valence electrons. The molecule has 0 aromatic heterocycles. The number of urea groups is 1. The number of benzene rings is 2. The molecule has 2 atom stereocenters.